The molecule has 27 heavy (non-hydrogen) atoms. The summed E-state index contributed by atoms with van der Waals surface area (Å²) in [5.74, 6) is -0.107. The quantitative estimate of drug-likeness (QED) is 0.829. The van der Waals surface area contributed by atoms with Gasteiger partial charge in [-0.05, 0) is 18.6 Å². The summed E-state index contributed by atoms with van der Waals surface area (Å²) in [6.07, 6.45) is 0. The Labute approximate surface area is 159 Å². The Bertz CT molecular complexity index is 852. The summed E-state index contributed by atoms with van der Waals surface area (Å²) in [7, 11) is 0. The van der Waals surface area contributed by atoms with E-state index < -0.39 is 5.41 Å². The van der Waals surface area contributed by atoms with Crippen LogP contribution in [0.2, 0.25) is 0 Å². The molecule has 2 heterocycles. The highest BCUT2D eigenvalue weighted by Gasteiger charge is 2.51. The number of Topliss-reactive ketones (excluding diaryl/α,β-unsaturated/α-hetero) is 1. The minimum Gasteiger partial charge on any atom is -0.375 e. The van der Waals surface area contributed by atoms with Gasteiger partial charge in [0.05, 0.1) is 30.2 Å². The number of carbonyl (C=O) groups excluding carboxylic acids is 2. The first-order valence-corrected chi connectivity index (χ1v) is 9.37. The molecule has 0 saturated carbocycles. The van der Waals surface area contributed by atoms with Crippen LogP contribution in [0.15, 0.2) is 54.6 Å². The lowest BCUT2D eigenvalue weighted by Gasteiger charge is -2.27. The van der Waals surface area contributed by atoms with Gasteiger partial charge in [-0.25, -0.2) is 0 Å². The molecule has 1 amide bonds. The number of hydrogen-bond acceptors (Lipinski definition) is 4. The van der Waals surface area contributed by atoms with Gasteiger partial charge in [0.2, 0.25) is 0 Å². The zero-order chi connectivity index (χ0) is 18.9. The number of hydrogen-bond donors (Lipinski definition) is 1. The van der Waals surface area contributed by atoms with E-state index in [0.717, 1.165) is 12.1 Å². The summed E-state index contributed by atoms with van der Waals surface area (Å²) in [5, 5.41) is 3.07. The molecule has 5 heteroatoms. The second-order valence-electron chi connectivity index (χ2n) is 7.59. The molecule has 5 nitrogen and oxygen atoms in total. The van der Waals surface area contributed by atoms with Gasteiger partial charge in [0, 0.05) is 25.2 Å². The van der Waals surface area contributed by atoms with Crippen molar-refractivity contribution < 1.29 is 14.3 Å². The van der Waals surface area contributed by atoms with Gasteiger partial charge in [-0.1, -0.05) is 48.5 Å². The molecule has 0 unspecified atom stereocenters. The van der Waals surface area contributed by atoms with Crippen LogP contribution in [0.1, 0.15) is 33.2 Å². The molecule has 4 rings (SSSR count). The van der Waals surface area contributed by atoms with Crippen LogP contribution in [0, 0.1) is 5.41 Å². The van der Waals surface area contributed by atoms with E-state index in [1.54, 1.807) is 18.2 Å². The van der Waals surface area contributed by atoms with Crippen molar-refractivity contribution in [1.82, 2.24) is 10.2 Å². The number of carbonyl (C=O) groups is 2. The van der Waals surface area contributed by atoms with Crippen LogP contribution in [0.25, 0.3) is 0 Å². The van der Waals surface area contributed by atoms with Crippen molar-refractivity contribution in [3.63, 3.8) is 0 Å². The smallest absolute Gasteiger partial charge is 0.252 e. The van der Waals surface area contributed by atoms with Crippen LogP contribution in [-0.4, -0.2) is 48.9 Å². The highest BCUT2D eigenvalue weighted by atomic mass is 16.5. The first-order chi connectivity index (χ1) is 13.1. The van der Waals surface area contributed by atoms with Crippen molar-refractivity contribution in [3.8, 4) is 0 Å². The summed E-state index contributed by atoms with van der Waals surface area (Å²) in [5.41, 5.74) is 1.55. The second-order valence-corrected chi connectivity index (χ2v) is 7.59. The van der Waals surface area contributed by atoms with E-state index in [-0.39, 0.29) is 17.7 Å². The predicted octanol–water partition coefficient (Wildman–Crippen LogP) is 2.52. The average molecular weight is 364 g/mol. The summed E-state index contributed by atoms with van der Waals surface area (Å²) < 4.78 is 5.78. The van der Waals surface area contributed by atoms with Crippen molar-refractivity contribution in [2.75, 3.05) is 26.2 Å². The van der Waals surface area contributed by atoms with E-state index in [0.29, 0.717) is 37.4 Å². The molecule has 0 spiro atoms. The molecule has 1 saturated heterocycles. The number of ether oxygens (including phenoxy) is 1. The monoisotopic (exact) mass is 364 g/mol. The molecule has 0 aromatic heterocycles. The van der Waals surface area contributed by atoms with Gasteiger partial charge < -0.3 is 10.1 Å². The lowest BCUT2D eigenvalue weighted by Crippen LogP contribution is -2.47. The summed E-state index contributed by atoms with van der Waals surface area (Å²) in [4.78, 5) is 28.0. The summed E-state index contributed by atoms with van der Waals surface area (Å²) >= 11 is 0. The number of rotatable bonds is 5. The Kier molecular flexibility index (Phi) is 4.81. The Hall–Kier alpha value is -2.50. The number of likely N-dealkylation sites (tertiary alicyclic amines) is 1. The molecule has 0 bridgehead atoms. The maximum atomic E-state index is 13.2. The molecule has 2 aliphatic rings. The predicted molar refractivity (Wildman–Crippen MR) is 103 cm³/mol. The molecule has 2 atom stereocenters. The van der Waals surface area contributed by atoms with Crippen molar-refractivity contribution in [2.45, 2.75) is 19.6 Å². The number of fused-ring (bicyclic) bond motifs is 2. The zero-order valence-corrected chi connectivity index (χ0v) is 15.5. The molecule has 140 valence electrons. The van der Waals surface area contributed by atoms with Crippen LogP contribution >= 0.6 is 0 Å². The molecule has 0 radical (unpaired) electrons. The minimum absolute atomic E-state index is 0.0501. The van der Waals surface area contributed by atoms with Crippen LogP contribution < -0.4 is 5.32 Å². The van der Waals surface area contributed by atoms with Gasteiger partial charge in [0.25, 0.3) is 5.91 Å². The van der Waals surface area contributed by atoms with Crippen LogP contribution in [0.5, 0.6) is 0 Å². The van der Waals surface area contributed by atoms with E-state index in [9.17, 15) is 9.59 Å². The number of nitrogens with one attached hydrogen (secondary N) is 1. The maximum absolute atomic E-state index is 13.2. The van der Waals surface area contributed by atoms with E-state index >= 15 is 0 Å². The standard InChI is InChI=1S/C22H24N2O3/c1-22-15-24(11-12-27-14-16-7-3-2-4-8-16)13-19(22)23-21(26)18-10-6-5-9-17(18)20(22)25/h2-10,19H,11-15H2,1H3,(H,23,26)/t19-,22+/m1/s1. The number of amides is 1. The molecule has 1 fully saturated rings. The first-order valence-electron chi connectivity index (χ1n) is 9.37. The maximum Gasteiger partial charge on any atom is 0.252 e. The zero-order valence-electron chi connectivity index (χ0n) is 15.5. The SMILES string of the molecule is C[C@]12CN(CCOCc3ccccc3)C[C@H]1NC(=O)c1ccccc1C2=O. The lowest BCUT2D eigenvalue weighted by atomic mass is 9.78. The van der Waals surface area contributed by atoms with Gasteiger partial charge in [0.15, 0.2) is 5.78 Å². The number of benzene rings is 2. The lowest BCUT2D eigenvalue weighted by molar-refractivity contribution is 0.0767. The van der Waals surface area contributed by atoms with Gasteiger partial charge in [-0.2, -0.15) is 0 Å². The molecular weight excluding hydrogens is 340 g/mol. The van der Waals surface area contributed by atoms with Crippen molar-refractivity contribution >= 4 is 11.7 Å². The van der Waals surface area contributed by atoms with Crippen LogP contribution in [-0.2, 0) is 11.3 Å². The summed E-state index contributed by atoms with van der Waals surface area (Å²) in [6.45, 7) is 5.17. The minimum atomic E-state index is -0.609. The fourth-order valence-corrected chi connectivity index (χ4v) is 4.08. The Balaban J connectivity index is 1.40. The number of nitrogens with zero attached hydrogens (tertiary/aromatic N) is 1. The fourth-order valence-electron chi connectivity index (χ4n) is 4.08. The summed E-state index contributed by atoms with van der Waals surface area (Å²) in [6, 6.07) is 17.0. The average Bonchev–Trinajstić information content (AvgIpc) is 2.98. The topological polar surface area (TPSA) is 58.6 Å². The Morgan fingerprint density at radius 1 is 1.07 bits per heavy atom. The van der Waals surface area contributed by atoms with Crippen molar-refractivity contribution in [2.24, 2.45) is 5.41 Å². The third-order valence-electron chi connectivity index (χ3n) is 5.67. The molecule has 2 aromatic carbocycles. The first kappa shape index (κ1) is 17.9. The third kappa shape index (κ3) is 3.40. The Morgan fingerprint density at radius 2 is 1.78 bits per heavy atom. The Morgan fingerprint density at radius 3 is 2.56 bits per heavy atom. The highest BCUT2D eigenvalue weighted by Crippen LogP contribution is 2.37. The van der Waals surface area contributed by atoms with Crippen LogP contribution in [0.3, 0.4) is 0 Å². The largest absolute Gasteiger partial charge is 0.375 e. The van der Waals surface area contributed by atoms with E-state index in [1.165, 1.54) is 0 Å². The van der Waals surface area contributed by atoms with Gasteiger partial charge >= 0.3 is 0 Å². The second kappa shape index (κ2) is 7.25. The molecule has 2 aliphatic heterocycles. The van der Waals surface area contributed by atoms with Crippen LogP contribution in [0.4, 0.5) is 0 Å². The van der Waals surface area contributed by atoms with E-state index in [2.05, 4.69) is 10.2 Å². The van der Waals surface area contributed by atoms with Gasteiger partial charge in [-0.3, -0.25) is 14.5 Å². The van der Waals surface area contributed by atoms with E-state index in [4.69, 9.17) is 4.74 Å². The van der Waals surface area contributed by atoms with E-state index in [1.807, 2.05) is 43.3 Å². The fraction of sp³-hybridized carbons (Fsp3) is 0.364. The third-order valence-corrected chi connectivity index (χ3v) is 5.67. The van der Waals surface area contributed by atoms with Gasteiger partial charge in [-0.15, -0.1) is 0 Å². The van der Waals surface area contributed by atoms with Crippen molar-refractivity contribution in [3.05, 3.63) is 71.3 Å². The molecule has 0 aliphatic carbocycles. The molecular formula is C22H24N2O3. The molecule has 2 aromatic rings. The van der Waals surface area contributed by atoms with Gasteiger partial charge in [0.1, 0.15) is 0 Å². The normalized spacial score (nSPS) is 24.9. The number of ketones is 1. The van der Waals surface area contributed by atoms with Crippen molar-refractivity contribution in [1.29, 1.82) is 0 Å². The highest BCUT2D eigenvalue weighted by molar-refractivity contribution is 6.12. The molecule has 1 N–H and O–H groups in total.